The standard InChI is InChI=1S/C27H30N2O3S/c1-19-12-15-23(16-13-19)33(31,32)29(26-17-20(2)11-14-21(26)3)18-27(30)28-25-10-6-8-22-7-4-5-9-24(22)25/h4-5,7,9,11-17,25H,6,8,10,18H2,1-3H3,(H,28,30)/t25-/m1/s1. The topological polar surface area (TPSA) is 66.5 Å². The molecule has 0 fully saturated rings. The van der Waals surface area contributed by atoms with Crippen molar-refractivity contribution in [1.29, 1.82) is 0 Å². The molecule has 1 aliphatic rings. The van der Waals surface area contributed by atoms with E-state index in [1.165, 1.54) is 9.87 Å². The Morgan fingerprint density at radius 2 is 1.67 bits per heavy atom. The Bertz CT molecular complexity index is 1270. The summed E-state index contributed by atoms with van der Waals surface area (Å²) in [5.41, 5.74) is 5.59. The lowest BCUT2D eigenvalue weighted by atomic mass is 9.88. The molecule has 6 heteroatoms. The molecule has 0 saturated carbocycles. The molecule has 33 heavy (non-hydrogen) atoms. The highest BCUT2D eigenvalue weighted by molar-refractivity contribution is 7.92. The molecule has 1 atom stereocenters. The van der Waals surface area contributed by atoms with Gasteiger partial charge in [-0.05, 0) is 80.5 Å². The number of sulfonamides is 1. The van der Waals surface area contributed by atoms with Crippen molar-refractivity contribution >= 4 is 21.6 Å². The van der Waals surface area contributed by atoms with E-state index in [0.29, 0.717) is 5.69 Å². The Kier molecular flexibility index (Phi) is 6.56. The summed E-state index contributed by atoms with van der Waals surface area (Å²) in [7, 11) is -3.93. The van der Waals surface area contributed by atoms with E-state index in [1.807, 2.05) is 57.2 Å². The lowest BCUT2D eigenvalue weighted by Crippen LogP contribution is -2.42. The molecule has 3 aromatic rings. The summed E-state index contributed by atoms with van der Waals surface area (Å²) >= 11 is 0. The van der Waals surface area contributed by atoms with Crippen LogP contribution in [0, 0.1) is 20.8 Å². The third-order valence-corrected chi connectivity index (χ3v) is 8.01. The number of nitrogens with one attached hydrogen (secondary N) is 1. The maximum atomic E-state index is 13.7. The van der Waals surface area contributed by atoms with Crippen LogP contribution in [0.25, 0.3) is 0 Å². The fourth-order valence-corrected chi connectivity index (χ4v) is 5.88. The van der Waals surface area contributed by atoms with Gasteiger partial charge in [0.15, 0.2) is 0 Å². The zero-order valence-corrected chi connectivity index (χ0v) is 20.2. The van der Waals surface area contributed by atoms with Crippen molar-refractivity contribution < 1.29 is 13.2 Å². The van der Waals surface area contributed by atoms with Crippen LogP contribution in [-0.2, 0) is 21.2 Å². The first-order valence-electron chi connectivity index (χ1n) is 11.3. The number of anilines is 1. The number of rotatable bonds is 6. The maximum Gasteiger partial charge on any atom is 0.264 e. The number of aryl methyl sites for hydroxylation is 4. The van der Waals surface area contributed by atoms with E-state index in [0.717, 1.165) is 41.5 Å². The molecule has 1 N–H and O–H groups in total. The Morgan fingerprint density at radius 3 is 2.42 bits per heavy atom. The molecule has 0 aromatic heterocycles. The van der Waals surface area contributed by atoms with E-state index in [2.05, 4.69) is 11.4 Å². The summed E-state index contributed by atoms with van der Waals surface area (Å²) in [5.74, 6) is -0.312. The van der Waals surface area contributed by atoms with Gasteiger partial charge in [-0.15, -0.1) is 0 Å². The summed E-state index contributed by atoms with van der Waals surface area (Å²) in [6.45, 7) is 5.41. The molecule has 0 saturated heterocycles. The number of carbonyl (C=O) groups is 1. The van der Waals surface area contributed by atoms with Gasteiger partial charge in [0.05, 0.1) is 16.6 Å². The van der Waals surface area contributed by atoms with Gasteiger partial charge in [-0.1, -0.05) is 54.1 Å². The summed E-state index contributed by atoms with van der Waals surface area (Å²) in [6, 6.07) is 20.4. The molecule has 0 bridgehead atoms. The Hall–Kier alpha value is -3.12. The smallest absolute Gasteiger partial charge is 0.264 e. The molecule has 5 nitrogen and oxygen atoms in total. The largest absolute Gasteiger partial charge is 0.348 e. The fourth-order valence-electron chi connectivity index (χ4n) is 4.40. The molecule has 3 aromatic carbocycles. The number of amides is 1. The van der Waals surface area contributed by atoms with Gasteiger partial charge < -0.3 is 5.32 Å². The highest BCUT2D eigenvalue weighted by atomic mass is 32.2. The quantitative estimate of drug-likeness (QED) is 0.561. The van der Waals surface area contributed by atoms with Crippen molar-refractivity contribution in [3.8, 4) is 0 Å². The van der Waals surface area contributed by atoms with Crippen LogP contribution >= 0.6 is 0 Å². The van der Waals surface area contributed by atoms with Crippen LogP contribution in [0.4, 0.5) is 5.69 Å². The first-order valence-corrected chi connectivity index (χ1v) is 12.7. The van der Waals surface area contributed by atoms with Crippen LogP contribution in [0.5, 0.6) is 0 Å². The lowest BCUT2D eigenvalue weighted by Gasteiger charge is -2.29. The van der Waals surface area contributed by atoms with Gasteiger partial charge in [-0.2, -0.15) is 0 Å². The molecule has 4 rings (SSSR count). The van der Waals surface area contributed by atoms with E-state index in [4.69, 9.17) is 0 Å². The van der Waals surface area contributed by atoms with Crippen LogP contribution in [0.2, 0.25) is 0 Å². The second-order valence-corrected chi connectivity index (χ2v) is 10.7. The summed E-state index contributed by atoms with van der Waals surface area (Å²) in [6.07, 6.45) is 2.83. The number of hydrogen-bond acceptors (Lipinski definition) is 3. The van der Waals surface area contributed by atoms with Crippen molar-refractivity contribution in [3.05, 3.63) is 94.5 Å². The third kappa shape index (κ3) is 4.96. The normalized spacial score (nSPS) is 15.5. The molecule has 0 heterocycles. The minimum atomic E-state index is -3.93. The number of nitrogens with zero attached hydrogens (tertiary/aromatic N) is 1. The van der Waals surface area contributed by atoms with Gasteiger partial charge in [0.1, 0.15) is 6.54 Å². The molecule has 0 spiro atoms. The second kappa shape index (κ2) is 9.40. The number of carbonyl (C=O) groups excluding carboxylic acids is 1. The van der Waals surface area contributed by atoms with E-state index < -0.39 is 10.0 Å². The van der Waals surface area contributed by atoms with Crippen molar-refractivity contribution in [2.24, 2.45) is 0 Å². The SMILES string of the molecule is Cc1ccc(S(=O)(=O)N(CC(=O)N[C@@H]2CCCc3ccccc32)c2cc(C)ccc2C)cc1. The third-order valence-electron chi connectivity index (χ3n) is 6.23. The Balaban J connectivity index is 1.66. The zero-order valence-electron chi connectivity index (χ0n) is 19.3. The number of hydrogen-bond donors (Lipinski definition) is 1. The van der Waals surface area contributed by atoms with Crippen LogP contribution in [0.15, 0.2) is 71.6 Å². The van der Waals surface area contributed by atoms with Crippen molar-refractivity contribution in [1.82, 2.24) is 5.32 Å². The predicted molar refractivity (Wildman–Crippen MR) is 132 cm³/mol. The molecule has 0 aliphatic heterocycles. The average molecular weight is 463 g/mol. The minimum absolute atomic E-state index is 0.106. The average Bonchev–Trinajstić information content (AvgIpc) is 2.80. The van der Waals surface area contributed by atoms with E-state index in [-0.39, 0.29) is 23.4 Å². The monoisotopic (exact) mass is 462 g/mol. The number of fused-ring (bicyclic) bond motifs is 1. The van der Waals surface area contributed by atoms with Crippen LogP contribution in [0.1, 0.15) is 46.7 Å². The van der Waals surface area contributed by atoms with E-state index in [1.54, 1.807) is 24.3 Å². The molecule has 1 amide bonds. The van der Waals surface area contributed by atoms with Crippen molar-refractivity contribution in [3.63, 3.8) is 0 Å². The van der Waals surface area contributed by atoms with E-state index in [9.17, 15) is 13.2 Å². The lowest BCUT2D eigenvalue weighted by molar-refractivity contribution is -0.120. The fraction of sp³-hybridized carbons (Fsp3) is 0.296. The molecule has 0 unspecified atom stereocenters. The second-order valence-electron chi connectivity index (χ2n) is 8.83. The highest BCUT2D eigenvalue weighted by Crippen LogP contribution is 2.31. The summed E-state index contributed by atoms with van der Waals surface area (Å²) in [5, 5.41) is 3.10. The van der Waals surface area contributed by atoms with Gasteiger partial charge >= 0.3 is 0 Å². The molecular formula is C27H30N2O3S. The Morgan fingerprint density at radius 1 is 0.970 bits per heavy atom. The van der Waals surface area contributed by atoms with Gasteiger partial charge in [0.25, 0.3) is 10.0 Å². The first kappa shape index (κ1) is 23.1. The van der Waals surface area contributed by atoms with Crippen molar-refractivity contribution in [2.75, 3.05) is 10.8 Å². The zero-order chi connectivity index (χ0) is 23.6. The minimum Gasteiger partial charge on any atom is -0.348 e. The first-order chi connectivity index (χ1) is 15.8. The van der Waals surface area contributed by atoms with Gasteiger partial charge in [0, 0.05) is 0 Å². The van der Waals surface area contributed by atoms with Crippen LogP contribution in [0.3, 0.4) is 0 Å². The van der Waals surface area contributed by atoms with Gasteiger partial charge in [-0.25, -0.2) is 8.42 Å². The summed E-state index contributed by atoms with van der Waals surface area (Å²) in [4.78, 5) is 13.4. The highest BCUT2D eigenvalue weighted by Gasteiger charge is 2.30. The van der Waals surface area contributed by atoms with Gasteiger partial charge in [-0.3, -0.25) is 9.10 Å². The van der Waals surface area contributed by atoms with Crippen molar-refractivity contribution in [2.45, 2.75) is 51.0 Å². The molecule has 0 radical (unpaired) electrons. The maximum absolute atomic E-state index is 13.7. The Labute approximate surface area is 196 Å². The van der Waals surface area contributed by atoms with Gasteiger partial charge in [0.2, 0.25) is 5.91 Å². The summed E-state index contributed by atoms with van der Waals surface area (Å²) < 4.78 is 28.6. The molecular weight excluding hydrogens is 432 g/mol. The number of benzene rings is 3. The van der Waals surface area contributed by atoms with Crippen LogP contribution in [-0.4, -0.2) is 20.9 Å². The van der Waals surface area contributed by atoms with E-state index >= 15 is 0 Å². The predicted octanol–water partition coefficient (Wildman–Crippen LogP) is 5.00. The molecule has 1 aliphatic carbocycles. The van der Waals surface area contributed by atoms with Crippen LogP contribution < -0.4 is 9.62 Å². The molecule has 172 valence electrons.